The van der Waals surface area contributed by atoms with Crippen LogP contribution in [-0.4, -0.2) is 127 Å². The largest absolute Gasteiger partial charge is 0.346 e. The highest BCUT2D eigenvalue weighted by atomic mass is 32.2. The number of aromatic nitrogens is 5. The third-order valence-corrected chi connectivity index (χ3v) is 18.1. The Morgan fingerprint density at radius 1 is 0.621 bits per heavy atom. The number of rotatable bonds is 8. The Labute approximate surface area is 340 Å². The zero-order valence-electron chi connectivity index (χ0n) is 30.3. The Hall–Kier alpha value is -3.41. The number of hydrogen-bond acceptors (Lipinski definition) is 15. The first kappa shape index (κ1) is 45.7. The molecule has 0 spiro atoms. The van der Waals surface area contributed by atoms with Crippen LogP contribution in [0.5, 0.6) is 0 Å². The first-order chi connectivity index (χ1) is 27.0. The minimum atomic E-state index is -4.09. The van der Waals surface area contributed by atoms with Crippen molar-refractivity contribution in [3.8, 4) is 0 Å². The summed E-state index contributed by atoms with van der Waals surface area (Å²) in [5.74, 6) is 4.17. The number of imidazole rings is 1. The molecule has 0 bridgehead atoms. The van der Waals surface area contributed by atoms with Gasteiger partial charge in [0.1, 0.15) is 33.0 Å². The molecule has 0 amide bonds. The van der Waals surface area contributed by atoms with Gasteiger partial charge in [-0.25, -0.2) is 29.8 Å². The average Bonchev–Trinajstić information content (AvgIpc) is 3.98. The lowest BCUT2D eigenvalue weighted by Gasteiger charge is -2.22. The summed E-state index contributed by atoms with van der Waals surface area (Å²) in [6.45, 7) is 1.99. The van der Waals surface area contributed by atoms with Crippen LogP contribution in [0.1, 0.15) is 0 Å². The van der Waals surface area contributed by atoms with Crippen LogP contribution in [0.2, 0.25) is 0 Å². The van der Waals surface area contributed by atoms with Crippen molar-refractivity contribution >= 4 is 89.2 Å². The smallest absolute Gasteiger partial charge is 0.317 e. The van der Waals surface area contributed by atoms with Gasteiger partial charge in [-0.15, -0.1) is 10.5 Å². The maximum absolute atomic E-state index is 11.9. The Morgan fingerprint density at radius 2 is 1.09 bits per heavy atom. The van der Waals surface area contributed by atoms with Crippen LogP contribution in [0, 0.1) is 0 Å². The zero-order chi connectivity index (χ0) is 42.6. The highest BCUT2D eigenvalue weighted by Gasteiger charge is 2.45. The van der Waals surface area contributed by atoms with E-state index in [1.54, 1.807) is 48.5 Å². The molecular formula is C27H37N9O14P2S6. The van der Waals surface area contributed by atoms with Crippen LogP contribution >= 0.6 is 25.4 Å². The second kappa shape index (κ2) is 18.1. The monoisotopic (exact) mass is 965 g/mol. The summed E-state index contributed by atoms with van der Waals surface area (Å²) in [5.41, 5.74) is 0. The van der Waals surface area contributed by atoms with Crippen LogP contribution in [0.3, 0.4) is 0 Å². The van der Waals surface area contributed by atoms with Crippen LogP contribution in [0.15, 0.2) is 116 Å². The average molecular weight is 966 g/mol. The fourth-order valence-corrected chi connectivity index (χ4v) is 14.4. The van der Waals surface area contributed by atoms with Crippen molar-refractivity contribution in [1.82, 2.24) is 38.4 Å². The van der Waals surface area contributed by atoms with Gasteiger partial charge in [0.15, 0.2) is 0 Å². The summed E-state index contributed by atoms with van der Waals surface area (Å²) < 4.78 is 144. The van der Waals surface area contributed by atoms with Gasteiger partial charge in [-0.05, 0) is 50.7 Å². The lowest BCUT2D eigenvalue weighted by atomic mass is 10.7. The topological polar surface area (TPSA) is 253 Å². The van der Waals surface area contributed by atoms with E-state index in [-0.39, 0.29) is 23.1 Å². The summed E-state index contributed by atoms with van der Waals surface area (Å²) in [4.78, 5) is 3.67. The van der Waals surface area contributed by atoms with Crippen molar-refractivity contribution in [1.29, 1.82) is 0 Å². The Bertz CT molecular complexity index is 2440. The molecule has 4 aliphatic rings. The summed E-state index contributed by atoms with van der Waals surface area (Å²) in [7, 11) is -21.8. The molecule has 4 unspecified atom stereocenters. The minimum Gasteiger partial charge on any atom is -0.317 e. The molecule has 4 aromatic rings. The van der Waals surface area contributed by atoms with E-state index >= 15 is 0 Å². The van der Waals surface area contributed by atoms with Gasteiger partial charge in [0.2, 0.25) is 0 Å². The summed E-state index contributed by atoms with van der Waals surface area (Å²) in [6, 6.07) is 9.97. The van der Waals surface area contributed by atoms with Crippen molar-refractivity contribution in [3.05, 3.63) is 116 Å². The third kappa shape index (κ3) is 11.0. The fourth-order valence-electron chi connectivity index (χ4n) is 4.28. The molecule has 4 aliphatic heterocycles. The Morgan fingerprint density at radius 3 is 1.47 bits per heavy atom. The summed E-state index contributed by atoms with van der Waals surface area (Å²) in [6.07, 6.45) is 19.4. The molecule has 0 aromatic carbocycles. The maximum Gasteiger partial charge on any atom is 0.346 e. The molecule has 23 nitrogen and oxygen atoms in total. The molecule has 8 heterocycles. The first-order valence-corrected chi connectivity index (χ1v) is 28.6. The molecule has 4 aromatic heterocycles. The number of nitrogens with zero attached hydrogens (tertiary/aromatic N) is 9. The molecule has 4 atom stereocenters. The second-order valence-electron chi connectivity index (χ2n) is 11.6. The van der Waals surface area contributed by atoms with E-state index in [1.165, 1.54) is 84.7 Å². The third-order valence-electron chi connectivity index (χ3n) is 7.07. The lowest BCUT2D eigenvalue weighted by Crippen LogP contribution is -2.39. The molecule has 0 N–H and O–H groups in total. The van der Waals surface area contributed by atoms with E-state index in [1.807, 2.05) is 0 Å². The van der Waals surface area contributed by atoms with Gasteiger partial charge >= 0.3 is 48.4 Å². The van der Waals surface area contributed by atoms with Gasteiger partial charge in [-0.3, -0.25) is 17.6 Å². The minimum absolute atomic E-state index is 0.0115. The van der Waals surface area contributed by atoms with Gasteiger partial charge in [0.25, 0.3) is 0 Å². The molecule has 0 radical (unpaired) electrons. The molecule has 58 heavy (non-hydrogen) atoms. The van der Waals surface area contributed by atoms with Crippen molar-refractivity contribution in [3.63, 3.8) is 0 Å². The quantitative estimate of drug-likeness (QED) is 0.180. The van der Waals surface area contributed by atoms with Crippen molar-refractivity contribution < 1.29 is 60.7 Å². The summed E-state index contributed by atoms with van der Waals surface area (Å²) in [5, 5.41) is 3.13. The predicted molar refractivity (Wildman–Crippen MR) is 219 cm³/mol. The molecule has 0 aliphatic carbocycles. The Balaban J connectivity index is 0.000000148. The normalized spacial score (nSPS) is 25.1. The van der Waals surface area contributed by atoms with E-state index in [9.17, 15) is 42.4 Å². The van der Waals surface area contributed by atoms with Gasteiger partial charge in [0, 0.05) is 80.7 Å². The highest BCUT2D eigenvalue weighted by molar-refractivity contribution is 8.17. The van der Waals surface area contributed by atoms with Crippen molar-refractivity contribution in [2.45, 2.75) is 0 Å². The molecule has 2 fully saturated rings. The molecule has 0 saturated carbocycles. The van der Waals surface area contributed by atoms with E-state index in [0.29, 0.717) is 14.8 Å². The van der Waals surface area contributed by atoms with Crippen molar-refractivity contribution in [2.24, 2.45) is 0 Å². The zero-order valence-corrected chi connectivity index (χ0v) is 37.0. The Kier molecular flexibility index (Phi) is 14.2. The van der Waals surface area contributed by atoms with Crippen LogP contribution in [0.25, 0.3) is 0 Å². The second-order valence-corrected chi connectivity index (χ2v) is 25.9. The number of hydroxylamine groups is 2. The predicted octanol–water partition coefficient (Wildman–Crippen LogP) is 1.83. The standard InChI is InChI=1S/C8H8N2O2S.C7H7N3O2S.C7H10N2O3S3.C5H12N2O7P2S/c11-13(12,9-5-1-2-6-9)10-7-3-4-8-10;11-13(12,9-4-1-2-5-9)10-6-3-8-7-10;1-13-4-2-8(6-13)15(11,12)9-3-5-14(10)7-9;1-15(2)11-4-6(13-15)17(9,10)7-5-12-16(3,8)14-7/h1-8H;1-7H;2-5H,1,6-7H2;1,4-5H2,2-3H3. The van der Waals surface area contributed by atoms with Crippen LogP contribution in [0.4, 0.5) is 0 Å². The molecule has 8 rings (SSSR count). The highest BCUT2D eigenvalue weighted by Crippen LogP contribution is 2.53. The van der Waals surface area contributed by atoms with Gasteiger partial charge in [-0.1, -0.05) is 12.2 Å². The number of hydrogen-bond donors (Lipinski definition) is 0. The summed E-state index contributed by atoms with van der Waals surface area (Å²) >= 11 is 0. The first-order valence-electron chi connectivity index (χ1n) is 15.7. The van der Waals surface area contributed by atoms with Gasteiger partial charge in [-0.2, -0.15) is 38.3 Å². The van der Waals surface area contributed by atoms with E-state index in [0.717, 1.165) is 20.2 Å². The maximum atomic E-state index is 11.9. The molecule has 2 saturated heterocycles. The molecule has 320 valence electrons. The van der Waals surface area contributed by atoms with E-state index < -0.39 is 73.3 Å². The van der Waals surface area contributed by atoms with E-state index in [2.05, 4.69) is 21.8 Å². The SMILES string of the molecule is C=P1(C)OCN(S(=O)(=O)N2COP(C)(=O)O2)O1.C=S1C=CN(S(=O)(=O)N2C=CS(=O)C2)C1.O=S(=O)(n1cccc1)n1cccc1.O=S(=O)(n1cccc1)n1ccnc1. The molecular weight excluding hydrogens is 929 g/mol. The molecule has 31 heteroatoms. The van der Waals surface area contributed by atoms with Gasteiger partial charge < -0.3 is 4.52 Å². The van der Waals surface area contributed by atoms with Gasteiger partial charge in [0.05, 0.1) is 16.7 Å². The van der Waals surface area contributed by atoms with Crippen molar-refractivity contribution in [2.75, 3.05) is 38.5 Å². The lowest BCUT2D eigenvalue weighted by molar-refractivity contribution is -0.000736. The van der Waals surface area contributed by atoms with Crippen LogP contribution < -0.4 is 0 Å². The fraction of sp³-hybridized carbons (Fsp3) is 0.222. The van der Waals surface area contributed by atoms with Crippen LogP contribution in [-0.2, 0) is 74.5 Å². The van der Waals surface area contributed by atoms with E-state index in [4.69, 9.17) is 13.7 Å².